The molecule has 0 aliphatic heterocycles. The van der Waals surface area contributed by atoms with Gasteiger partial charge in [-0.2, -0.15) is 0 Å². The van der Waals surface area contributed by atoms with Gasteiger partial charge in [0.25, 0.3) is 0 Å². The normalized spacial score (nSPS) is 8.00. The zero-order valence-corrected chi connectivity index (χ0v) is 9.11. The summed E-state index contributed by atoms with van der Waals surface area (Å²) in [7, 11) is 0. The number of benzene rings is 1. The topological polar surface area (TPSA) is 47.6 Å². The Morgan fingerprint density at radius 2 is 1.85 bits per heavy atom. The first-order chi connectivity index (χ1) is 5.70. The van der Waals surface area contributed by atoms with E-state index in [-0.39, 0.29) is 41.6 Å². The number of rotatable bonds is 0. The van der Waals surface area contributed by atoms with E-state index in [0.29, 0.717) is 0 Å². The summed E-state index contributed by atoms with van der Waals surface area (Å²) in [6.07, 6.45) is 0. The van der Waals surface area contributed by atoms with E-state index in [2.05, 4.69) is 6.07 Å². The van der Waals surface area contributed by atoms with E-state index in [9.17, 15) is 0 Å². The van der Waals surface area contributed by atoms with Crippen LogP contribution in [0.25, 0.3) is 0 Å². The predicted octanol–water partition coefficient (Wildman–Crippen LogP) is 2.53. The first-order valence-electron chi connectivity index (χ1n) is 2.90. The van der Waals surface area contributed by atoms with Crippen LogP contribution in [0.3, 0.4) is 0 Å². The van der Waals surface area contributed by atoms with E-state index in [1.165, 1.54) is 6.07 Å². The molecule has 0 radical (unpaired) electrons. The van der Waals surface area contributed by atoms with Gasteiger partial charge in [0.15, 0.2) is 0 Å². The maximum atomic E-state index is 8.59. The SMILES string of the molecule is N#Cc1[c-]cc(Cl)c(Cl)c1C#N.[Pd]. The van der Waals surface area contributed by atoms with Crippen molar-refractivity contribution >= 4 is 23.2 Å². The van der Waals surface area contributed by atoms with Crippen LogP contribution in [0.1, 0.15) is 11.1 Å². The fourth-order valence-electron chi connectivity index (χ4n) is 0.693. The van der Waals surface area contributed by atoms with E-state index < -0.39 is 0 Å². The number of halogens is 2. The molecule has 1 aromatic carbocycles. The summed E-state index contributed by atoms with van der Waals surface area (Å²) in [6, 6.07) is 7.49. The van der Waals surface area contributed by atoms with Crippen molar-refractivity contribution in [3.05, 3.63) is 33.3 Å². The predicted molar refractivity (Wildman–Crippen MR) is 44.7 cm³/mol. The Bertz CT molecular complexity index is 404. The molecule has 0 amide bonds. The van der Waals surface area contributed by atoms with Gasteiger partial charge in [0.1, 0.15) is 0 Å². The summed E-state index contributed by atoms with van der Waals surface area (Å²) in [5.41, 5.74) is 0.193. The van der Waals surface area contributed by atoms with Gasteiger partial charge in [-0.15, -0.1) is 35.3 Å². The summed E-state index contributed by atoms with van der Waals surface area (Å²) in [6.45, 7) is 0. The molecule has 0 saturated heterocycles. The second-order valence-corrected chi connectivity index (χ2v) is 2.71. The van der Waals surface area contributed by atoms with Crippen LogP contribution >= 0.6 is 23.2 Å². The van der Waals surface area contributed by atoms with Crippen LogP contribution in [0.2, 0.25) is 10.0 Å². The van der Waals surface area contributed by atoms with E-state index in [1.807, 2.05) is 0 Å². The largest absolute Gasteiger partial charge is 0.262 e. The van der Waals surface area contributed by atoms with Gasteiger partial charge in [0.05, 0.1) is 0 Å². The molecule has 0 aromatic heterocycles. The quantitative estimate of drug-likeness (QED) is 0.546. The van der Waals surface area contributed by atoms with Crippen LogP contribution < -0.4 is 0 Å². The molecule has 0 heterocycles. The third-order valence-electron chi connectivity index (χ3n) is 1.25. The molecule has 0 aliphatic carbocycles. The number of hydrogen-bond acceptors (Lipinski definition) is 2. The molecule has 1 rings (SSSR count). The van der Waals surface area contributed by atoms with Crippen molar-refractivity contribution in [2.75, 3.05) is 0 Å². The number of hydrogen-bond donors (Lipinski definition) is 0. The van der Waals surface area contributed by atoms with Crippen molar-refractivity contribution in [3.8, 4) is 12.1 Å². The average Bonchev–Trinajstić information content (AvgIpc) is 2.09. The molecule has 0 atom stereocenters. The molecule has 0 saturated carbocycles. The molecule has 2 nitrogen and oxygen atoms in total. The average molecular weight is 302 g/mol. The zero-order chi connectivity index (χ0) is 9.14. The van der Waals surface area contributed by atoms with Gasteiger partial charge in [-0.3, -0.25) is 5.26 Å². The van der Waals surface area contributed by atoms with Gasteiger partial charge >= 0.3 is 0 Å². The van der Waals surface area contributed by atoms with Gasteiger partial charge < -0.3 is 0 Å². The number of nitrogens with zero attached hydrogens (tertiary/aromatic N) is 2. The van der Waals surface area contributed by atoms with Crippen molar-refractivity contribution in [2.45, 2.75) is 0 Å². The minimum Gasteiger partial charge on any atom is -0.262 e. The summed E-state index contributed by atoms with van der Waals surface area (Å²) >= 11 is 11.2. The second kappa shape index (κ2) is 5.23. The smallest absolute Gasteiger partial charge is 0.0496 e. The van der Waals surface area contributed by atoms with Gasteiger partial charge in [-0.05, 0) is 21.7 Å². The fraction of sp³-hybridized carbons (Fsp3) is 0. The van der Waals surface area contributed by atoms with E-state index in [4.69, 9.17) is 33.7 Å². The van der Waals surface area contributed by atoms with Crippen molar-refractivity contribution in [2.24, 2.45) is 0 Å². The summed E-state index contributed by atoms with van der Waals surface area (Å²) in [4.78, 5) is 0. The summed E-state index contributed by atoms with van der Waals surface area (Å²) < 4.78 is 0. The summed E-state index contributed by atoms with van der Waals surface area (Å²) in [5.74, 6) is 0. The third kappa shape index (κ3) is 2.44. The van der Waals surface area contributed by atoms with Crippen molar-refractivity contribution in [1.29, 1.82) is 10.5 Å². The van der Waals surface area contributed by atoms with Crippen LogP contribution in [-0.2, 0) is 20.4 Å². The van der Waals surface area contributed by atoms with Gasteiger partial charge in [-0.25, -0.2) is 5.26 Å². The molecule has 0 N–H and O–H groups in total. The maximum absolute atomic E-state index is 8.59. The molecule has 0 bridgehead atoms. The Hall–Kier alpha value is -0.558. The van der Waals surface area contributed by atoms with E-state index >= 15 is 0 Å². The Morgan fingerprint density at radius 3 is 2.31 bits per heavy atom. The van der Waals surface area contributed by atoms with Crippen LogP contribution in [0.5, 0.6) is 0 Å². The number of nitriles is 2. The van der Waals surface area contributed by atoms with Crippen molar-refractivity contribution in [3.63, 3.8) is 0 Å². The monoisotopic (exact) mass is 301 g/mol. The minimum absolute atomic E-state index is 0. The van der Waals surface area contributed by atoms with E-state index in [1.54, 1.807) is 12.1 Å². The molecule has 68 valence electrons. The van der Waals surface area contributed by atoms with E-state index in [0.717, 1.165) is 0 Å². The molecule has 1 aromatic rings. The second-order valence-electron chi connectivity index (χ2n) is 1.92. The Balaban J connectivity index is 0.00000144. The molecule has 5 heteroatoms. The van der Waals surface area contributed by atoms with Gasteiger partial charge in [-0.1, -0.05) is 5.56 Å². The molecule has 0 fully saturated rings. The van der Waals surface area contributed by atoms with Crippen LogP contribution in [0, 0.1) is 28.7 Å². The van der Waals surface area contributed by atoms with Crippen LogP contribution in [0.15, 0.2) is 6.07 Å². The molecular formula is C8HCl2N2Pd-. The fourth-order valence-corrected chi connectivity index (χ4v) is 1.03. The molecule has 0 aliphatic rings. The van der Waals surface area contributed by atoms with Crippen LogP contribution in [0.4, 0.5) is 0 Å². The summed E-state index contributed by atoms with van der Waals surface area (Å²) in [5, 5.41) is 17.5. The van der Waals surface area contributed by atoms with Gasteiger partial charge in [0, 0.05) is 26.5 Å². The molecule has 0 unspecified atom stereocenters. The molecule has 13 heavy (non-hydrogen) atoms. The molecular weight excluding hydrogens is 301 g/mol. The first-order valence-corrected chi connectivity index (χ1v) is 3.66. The van der Waals surface area contributed by atoms with Crippen molar-refractivity contribution in [1.82, 2.24) is 0 Å². The minimum atomic E-state index is 0. The van der Waals surface area contributed by atoms with Crippen molar-refractivity contribution < 1.29 is 20.4 Å². The van der Waals surface area contributed by atoms with Crippen LogP contribution in [-0.4, -0.2) is 0 Å². The zero-order valence-electron chi connectivity index (χ0n) is 6.04. The Kier molecular flexibility index (Phi) is 5.01. The third-order valence-corrected chi connectivity index (χ3v) is 2.03. The standard InChI is InChI=1S/C8HCl2N2.Pd/c9-7-2-1-5(3-11)6(4-12)8(7)10;/h2H;/q-1;. The Morgan fingerprint density at radius 1 is 1.23 bits per heavy atom. The maximum Gasteiger partial charge on any atom is 0.0496 e. The molecule has 0 spiro atoms. The van der Waals surface area contributed by atoms with Gasteiger partial charge in [0.2, 0.25) is 0 Å². The first kappa shape index (κ1) is 12.4. The Labute approximate surface area is 99.3 Å².